The third-order valence-corrected chi connectivity index (χ3v) is 14.2. The van der Waals surface area contributed by atoms with Gasteiger partial charge >= 0.3 is 0 Å². The lowest BCUT2D eigenvalue weighted by molar-refractivity contribution is 0.759. The quantitative estimate of drug-likeness (QED) is 0.0882. The van der Waals surface area contributed by atoms with Gasteiger partial charge in [-0.05, 0) is 179 Å². The lowest BCUT2D eigenvalue weighted by atomic mass is 9.97. The van der Waals surface area contributed by atoms with E-state index < -0.39 is 0 Å². The molecule has 0 aliphatic heterocycles. The molecule has 246 valence electrons. The molecule has 3 aromatic heterocycles. The molecule has 3 heterocycles. The molecule has 0 amide bonds. The summed E-state index contributed by atoms with van der Waals surface area (Å²) < 4.78 is 2.90. The van der Waals surface area contributed by atoms with E-state index in [1.54, 1.807) is 11.1 Å². The molecule has 45 heavy (non-hydrogen) atoms. The van der Waals surface area contributed by atoms with Crippen molar-refractivity contribution in [1.82, 2.24) is 0 Å². The summed E-state index contributed by atoms with van der Waals surface area (Å²) in [5.41, 5.74) is 9.23. The number of rotatable bonds is 18. The molecule has 0 saturated carbocycles. The highest BCUT2D eigenvalue weighted by Gasteiger charge is 2.19. The Hall–Kier alpha value is -0.320. The van der Waals surface area contributed by atoms with E-state index in [-0.39, 0.29) is 0 Å². The van der Waals surface area contributed by atoms with Crippen molar-refractivity contribution in [3.05, 3.63) is 58.7 Å². The number of hydrogen-bond donors (Lipinski definition) is 0. The molecular weight excluding hydrogens is 830 g/mol. The Balaban J connectivity index is 2.13. The molecule has 0 aliphatic carbocycles. The Kier molecular flexibility index (Phi) is 18.8. The molecule has 0 aromatic carbocycles. The molecule has 0 unspecified atom stereocenters. The van der Waals surface area contributed by atoms with E-state index in [0.717, 1.165) is 25.7 Å². The molecule has 0 saturated heterocycles. The minimum absolute atomic E-state index is 1.12. The van der Waals surface area contributed by atoms with Crippen LogP contribution < -0.4 is 0 Å². The lowest BCUT2D eigenvalue weighted by Crippen LogP contribution is -1.96. The minimum atomic E-state index is 1.12. The largest absolute Gasteiger partial charge is 0.120 e. The number of halogens is 2. The second-order valence-corrected chi connectivity index (χ2v) is 18.8. The number of thiophene rings is 3. The maximum Gasteiger partial charge on any atom is 0.0820 e. The summed E-state index contributed by atoms with van der Waals surface area (Å²) in [7, 11) is 0. The Labute approximate surface area is 315 Å². The lowest BCUT2D eigenvalue weighted by Gasteiger charge is -2.06. The highest BCUT2D eigenvalue weighted by Crippen LogP contribution is 2.35. The first-order valence-electron chi connectivity index (χ1n) is 17.7. The SMILES string of the molecule is CCCCc1c(I)sc(C#Cc2sc(C#Cc3sc(I)c(CCCC)c3CCCC)c(CCCC)c2CCCC)c1CCCC. The van der Waals surface area contributed by atoms with Crippen LogP contribution in [0.3, 0.4) is 0 Å². The predicted octanol–water partition coefficient (Wildman–Crippen LogP) is 13.9. The Bertz CT molecular complexity index is 1350. The van der Waals surface area contributed by atoms with Crippen molar-refractivity contribution in [3.63, 3.8) is 0 Å². The van der Waals surface area contributed by atoms with E-state index in [1.165, 1.54) is 137 Å². The summed E-state index contributed by atoms with van der Waals surface area (Å²) in [5.74, 6) is 15.1. The first-order chi connectivity index (χ1) is 21.9. The Morgan fingerprint density at radius 2 is 0.578 bits per heavy atom. The van der Waals surface area contributed by atoms with Crippen LogP contribution in [0.5, 0.6) is 0 Å². The van der Waals surface area contributed by atoms with Gasteiger partial charge < -0.3 is 0 Å². The van der Waals surface area contributed by atoms with Crippen molar-refractivity contribution < 1.29 is 0 Å². The molecule has 3 aromatic rings. The Morgan fingerprint density at radius 3 is 0.844 bits per heavy atom. The summed E-state index contributed by atoms with van der Waals surface area (Å²) >= 11 is 10.9. The maximum atomic E-state index is 3.77. The normalized spacial score (nSPS) is 11.0. The van der Waals surface area contributed by atoms with Crippen LogP contribution >= 0.6 is 79.2 Å². The van der Waals surface area contributed by atoms with Gasteiger partial charge in [0.15, 0.2) is 0 Å². The molecule has 0 nitrogen and oxygen atoms in total. The van der Waals surface area contributed by atoms with Crippen LogP contribution in [0.2, 0.25) is 0 Å². The van der Waals surface area contributed by atoms with Crippen LogP contribution in [0.1, 0.15) is 171 Å². The predicted molar refractivity (Wildman–Crippen MR) is 222 cm³/mol. The fourth-order valence-corrected chi connectivity index (χ4v) is 11.3. The van der Waals surface area contributed by atoms with Crippen LogP contribution in [-0.4, -0.2) is 0 Å². The van der Waals surface area contributed by atoms with Gasteiger partial charge in [-0.15, -0.1) is 34.0 Å². The van der Waals surface area contributed by atoms with Crippen molar-refractivity contribution >= 4 is 79.2 Å². The average molecular weight is 885 g/mol. The van der Waals surface area contributed by atoms with Crippen LogP contribution in [0.15, 0.2) is 0 Å². The van der Waals surface area contributed by atoms with Gasteiger partial charge in [-0.1, -0.05) is 80.1 Å². The molecule has 0 atom stereocenters. The molecular formula is C40H54I2S3. The highest BCUT2D eigenvalue weighted by molar-refractivity contribution is 14.1. The molecule has 0 spiro atoms. The van der Waals surface area contributed by atoms with Crippen LogP contribution in [0.25, 0.3) is 0 Å². The zero-order valence-corrected chi connectivity index (χ0v) is 35.5. The molecule has 0 N–H and O–H groups in total. The highest BCUT2D eigenvalue weighted by atomic mass is 127. The zero-order valence-electron chi connectivity index (χ0n) is 28.7. The first kappa shape index (κ1) is 39.1. The third-order valence-electron chi connectivity index (χ3n) is 8.51. The van der Waals surface area contributed by atoms with Crippen LogP contribution in [0.4, 0.5) is 0 Å². The van der Waals surface area contributed by atoms with Crippen molar-refractivity contribution in [3.8, 4) is 23.7 Å². The van der Waals surface area contributed by atoms with E-state index >= 15 is 0 Å². The van der Waals surface area contributed by atoms with Gasteiger partial charge in [-0.2, -0.15) is 0 Å². The Morgan fingerprint density at radius 1 is 0.356 bits per heavy atom. The third kappa shape index (κ3) is 11.4. The summed E-state index contributed by atoms with van der Waals surface area (Å²) in [4.78, 5) is 5.17. The van der Waals surface area contributed by atoms with Gasteiger partial charge in [0, 0.05) is 0 Å². The van der Waals surface area contributed by atoms with Crippen molar-refractivity contribution in [2.75, 3.05) is 0 Å². The van der Waals surface area contributed by atoms with Gasteiger partial charge in [-0.3, -0.25) is 0 Å². The molecule has 0 radical (unpaired) electrons. The fraction of sp³-hybridized carbons (Fsp3) is 0.600. The van der Waals surface area contributed by atoms with Gasteiger partial charge in [0.25, 0.3) is 0 Å². The van der Waals surface area contributed by atoms with Gasteiger partial charge in [0.1, 0.15) is 0 Å². The van der Waals surface area contributed by atoms with Gasteiger partial charge in [-0.25, -0.2) is 0 Å². The minimum Gasteiger partial charge on any atom is -0.120 e. The second kappa shape index (κ2) is 21.6. The second-order valence-electron chi connectivity index (χ2n) is 12.2. The van der Waals surface area contributed by atoms with E-state index in [1.807, 2.05) is 34.0 Å². The van der Waals surface area contributed by atoms with Crippen LogP contribution in [-0.2, 0) is 38.5 Å². The average Bonchev–Trinajstić information content (AvgIpc) is 3.64. The standard InChI is InChI=1S/C40H54I2S3/c1-7-13-19-29-30(20-14-8-2)36(26-28-38-32(22-16-10-4)34(24-18-12-6)40(42)45-38)43-35(29)25-27-37-31(21-15-9-3)33(23-17-11-5)39(41)44-37/h7-24H2,1-6H3. The molecule has 3 rings (SSSR count). The van der Waals surface area contributed by atoms with E-state index in [4.69, 9.17) is 0 Å². The summed E-state index contributed by atoms with van der Waals surface area (Å²) in [6.07, 6.45) is 21.7. The topological polar surface area (TPSA) is 0 Å². The summed E-state index contributed by atoms with van der Waals surface area (Å²) in [5, 5.41) is 0. The van der Waals surface area contributed by atoms with Crippen LogP contribution in [0, 0.1) is 29.4 Å². The smallest absolute Gasteiger partial charge is 0.0820 e. The fourth-order valence-electron chi connectivity index (χ4n) is 5.74. The van der Waals surface area contributed by atoms with E-state index in [2.05, 4.69) is 110 Å². The molecule has 0 fully saturated rings. The maximum absolute atomic E-state index is 3.77. The van der Waals surface area contributed by atoms with Gasteiger partial charge in [0.05, 0.1) is 25.3 Å². The number of unbranched alkanes of at least 4 members (excludes halogenated alkanes) is 6. The molecule has 0 bridgehead atoms. The van der Waals surface area contributed by atoms with Crippen molar-refractivity contribution in [2.45, 2.75) is 157 Å². The van der Waals surface area contributed by atoms with Crippen molar-refractivity contribution in [2.24, 2.45) is 0 Å². The molecule has 5 heteroatoms. The monoisotopic (exact) mass is 884 g/mol. The number of hydrogen-bond acceptors (Lipinski definition) is 3. The zero-order chi connectivity index (χ0) is 32.6. The summed E-state index contributed by atoms with van der Waals surface area (Å²) in [6.45, 7) is 13.8. The first-order valence-corrected chi connectivity index (χ1v) is 22.3. The van der Waals surface area contributed by atoms with E-state index in [0.29, 0.717) is 0 Å². The summed E-state index contributed by atoms with van der Waals surface area (Å²) in [6, 6.07) is 0. The van der Waals surface area contributed by atoms with E-state index in [9.17, 15) is 0 Å². The van der Waals surface area contributed by atoms with Gasteiger partial charge in [0.2, 0.25) is 0 Å². The van der Waals surface area contributed by atoms with Crippen molar-refractivity contribution in [1.29, 1.82) is 0 Å². The molecule has 0 aliphatic rings.